The molecule has 1 aliphatic rings. The molecule has 1 saturated carbocycles. The molecule has 0 aliphatic heterocycles. The molecular weight excluding hydrogens is 308 g/mol. The molecule has 21 heavy (non-hydrogen) atoms. The lowest BCUT2D eigenvalue weighted by Gasteiger charge is -2.19. The van der Waals surface area contributed by atoms with Gasteiger partial charge in [-0.15, -0.1) is 0 Å². The number of nitrogens with one attached hydrogen (secondary N) is 2. The number of hydrogen-bond donors (Lipinski definition) is 2. The van der Waals surface area contributed by atoms with Gasteiger partial charge in [0.05, 0.1) is 12.7 Å². The molecule has 120 valence electrons. The molecule has 6 nitrogen and oxygen atoms in total. The van der Waals surface area contributed by atoms with Crippen molar-refractivity contribution < 1.29 is 8.42 Å². The summed E-state index contributed by atoms with van der Waals surface area (Å²) in [5, 5.41) is 7.51. The third kappa shape index (κ3) is 4.45. The number of aromatic nitrogens is 2. The van der Waals surface area contributed by atoms with Crippen molar-refractivity contribution in [1.82, 2.24) is 19.8 Å². The summed E-state index contributed by atoms with van der Waals surface area (Å²) in [6.45, 7) is 3.52. The van der Waals surface area contributed by atoms with Gasteiger partial charge in [0.2, 0.25) is 10.0 Å². The van der Waals surface area contributed by atoms with Crippen molar-refractivity contribution in [2.75, 3.05) is 19.3 Å². The van der Waals surface area contributed by atoms with E-state index in [-0.39, 0.29) is 10.9 Å². The average molecular weight is 332 g/mol. The van der Waals surface area contributed by atoms with E-state index in [0.29, 0.717) is 11.8 Å². The van der Waals surface area contributed by atoms with Crippen LogP contribution in [0.25, 0.3) is 0 Å². The Morgan fingerprint density at radius 1 is 1.48 bits per heavy atom. The van der Waals surface area contributed by atoms with Crippen LogP contribution in [-0.2, 0) is 16.6 Å². The highest BCUT2D eigenvalue weighted by atomic mass is 32.2. The van der Waals surface area contributed by atoms with E-state index < -0.39 is 10.0 Å². The predicted octanol–water partition coefficient (Wildman–Crippen LogP) is 1.06. The van der Waals surface area contributed by atoms with Gasteiger partial charge in [-0.2, -0.15) is 16.9 Å². The van der Waals surface area contributed by atoms with E-state index in [0.717, 1.165) is 31.6 Å². The van der Waals surface area contributed by atoms with Crippen LogP contribution in [0.4, 0.5) is 0 Å². The first-order valence-electron chi connectivity index (χ1n) is 7.38. The van der Waals surface area contributed by atoms with E-state index >= 15 is 0 Å². The molecule has 0 amide bonds. The Morgan fingerprint density at radius 2 is 2.29 bits per heavy atom. The van der Waals surface area contributed by atoms with E-state index in [4.69, 9.17) is 0 Å². The molecule has 1 aromatic heterocycles. The van der Waals surface area contributed by atoms with E-state index in [1.54, 1.807) is 10.9 Å². The van der Waals surface area contributed by atoms with Gasteiger partial charge in [-0.1, -0.05) is 13.3 Å². The number of hydrogen-bond acceptors (Lipinski definition) is 5. The average Bonchev–Trinajstić information content (AvgIpc) is 3.07. The number of thioether (sulfide) groups is 1. The van der Waals surface area contributed by atoms with Gasteiger partial charge in [-0.25, -0.2) is 13.1 Å². The number of nitrogens with zero attached hydrogens (tertiary/aromatic N) is 2. The summed E-state index contributed by atoms with van der Waals surface area (Å²) in [5.74, 6) is 1.02. The van der Waals surface area contributed by atoms with Gasteiger partial charge in [0.25, 0.3) is 0 Å². The molecule has 0 aromatic carbocycles. The van der Waals surface area contributed by atoms with Crippen LogP contribution in [0.1, 0.15) is 26.2 Å². The maximum absolute atomic E-state index is 12.4. The van der Waals surface area contributed by atoms with Crippen LogP contribution < -0.4 is 10.0 Å². The third-order valence-electron chi connectivity index (χ3n) is 3.65. The standard InChI is InChI=1S/C13H24N4O2S2/c1-3-20-13-6-4-5-12(13)16-21(18,19)11-9-15-17(10-11)8-7-14-2/h9-10,12-14,16H,3-8H2,1-2H3. The quantitative estimate of drug-likeness (QED) is 0.744. The molecular formula is C13H24N4O2S2. The normalized spacial score (nSPS) is 22.8. The Hall–Kier alpha value is -0.570. The second kappa shape index (κ2) is 7.62. The molecule has 0 radical (unpaired) electrons. The van der Waals surface area contributed by atoms with Gasteiger partial charge in [-0.3, -0.25) is 4.68 Å². The van der Waals surface area contributed by atoms with Crippen molar-refractivity contribution in [2.24, 2.45) is 0 Å². The Balaban J connectivity index is 2.02. The summed E-state index contributed by atoms with van der Waals surface area (Å²) in [5.41, 5.74) is 0. The van der Waals surface area contributed by atoms with Gasteiger partial charge in [0.1, 0.15) is 4.90 Å². The minimum absolute atomic E-state index is 0.0422. The first-order chi connectivity index (χ1) is 10.1. The number of sulfonamides is 1. The zero-order chi connectivity index (χ0) is 15.3. The van der Waals surface area contributed by atoms with Gasteiger partial charge in [-0.05, 0) is 25.6 Å². The molecule has 1 aliphatic carbocycles. The summed E-state index contributed by atoms with van der Waals surface area (Å²) in [6.07, 6.45) is 6.12. The lowest BCUT2D eigenvalue weighted by molar-refractivity contribution is 0.554. The fourth-order valence-electron chi connectivity index (χ4n) is 2.57. The van der Waals surface area contributed by atoms with E-state index in [1.165, 1.54) is 6.20 Å². The molecule has 1 heterocycles. The van der Waals surface area contributed by atoms with Crippen LogP contribution >= 0.6 is 11.8 Å². The van der Waals surface area contributed by atoms with E-state index in [1.807, 2.05) is 18.8 Å². The van der Waals surface area contributed by atoms with Gasteiger partial charge < -0.3 is 5.32 Å². The van der Waals surface area contributed by atoms with Crippen LogP contribution in [0.5, 0.6) is 0 Å². The van der Waals surface area contributed by atoms with Gasteiger partial charge >= 0.3 is 0 Å². The maximum Gasteiger partial charge on any atom is 0.243 e. The molecule has 0 saturated heterocycles. The lowest BCUT2D eigenvalue weighted by Crippen LogP contribution is -2.38. The van der Waals surface area contributed by atoms with Gasteiger partial charge in [0, 0.05) is 24.0 Å². The van der Waals surface area contributed by atoms with Crippen LogP contribution in [0.15, 0.2) is 17.3 Å². The Labute approximate surface area is 131 Å². The largest absolute Gasteiger partial charge is 0.318 e. The molecule has 0 bridgehead atoms. The number of likely N-dealkylation sites (N-methyl/N-ethyl adjacent to an activating group) is 1. The number of rotatable bonds is 8. The molecule has 1 fully saturated rings. The van der Waals surface area contributed by atoms with Crippen LogP contribution in [0.2, 0.25) is 0 Å². The predicted molar refractivity (Wildman–Crippen MR) is 86.0 cm³/mol. The summed E-state index contributed by atoms with van der Waals surface area (Å²) in [4.78, 5) is 0.255. The fraction of sp³-hybridized carbons (Fsp3) is 0.769. The smallest absolute Gasteiger partial charge is 0.243 e. The Morgan fingerprint density at radius 3 is 3.00 bits per heavy atom. The first-order valence-corrected chi connectivity index (χ1v) is 9.91. The van der Waals surface area contributed by atoms with Crippen molar-refractivity contribution in [3.05, 3.63) is 12.4 Å². The molecule has 2 unspecified atom stereocenters. The van der Waals surface area contributed by atoms with Crippen molar-refractivity contribution in [3.63, 3.8) is 0 Å². The third-order valence-corrected chi connectivity index (χ3v) is 6.42. The first kappa shape index (κ1) is 16.8. The minimum Gasteiger partial charge on any atom is -0.318 e. The van der Waals surface area contributed by atoms with Crippen LogP contribution in [0.3, 0.4) is 0 Å². The SMILES string of the molecule is CCSC1CCCC1NS(=O)(=O)c1cnn(CCNC)c1. The Bertz CT molecular complexity index is 544. The fourth-order valence-corrected chi connectivity index (χ4v) is 5.12. The van der Waals surface area contributed by atoms with Crippen LogP contribution in [-0.4, -0.2) is 48.8 Å². The van der Waals surface area contributed by atoms with Crippen molar-refractivity contribution in [1.29, 1.82) is 0 Å². The molecule has 2 atom stereocenters. The second-order valence-corrected chi connectivity index (χ2v) is 8.43. The summed E-state index contributed by atoms with van der Waals surface area (Å²) < 4.78 is 29.4. The Kier molecular flexibility index (Phi) is 6.09. The molecule has 2 rings (SSSR count). The summed E-state index contributed by atoms with van der Waals surface area (Å²) in [7, 11) is -1.61. The highest BCUT2D eigenvalue weighted by molar-refractivity contribution is 8.00. The van der Waals surface area contributed by atoms with Crippen molar-refractivity contribution in [3.8, 4) is 0 Å². The van der Waals surface area contributed by atoms with Gasteiger partial charge in [0.15, 0.2) is 0 Å². The molecule has 1 aromatic rings. The van der Waals surface area contributed by atoms with Crippen LogP contribution in [0, 0.1) is 0 Å². The zero-order valence-electron chi connectivity index (χ0n) is 12.6. The maximum atomic E-state index is 12.4. The van der Waals surface area contributed by atoms with E-state index in [2.05, 4.69) is 22.1 Å². The zero-order valence-corrected chi connectivity index (χ0v) is 14.2. The monoisotopic (exact) mass is 332 g/mol. The highest BCUT2D eigenvalue weighted by Crippen LogP contribution is 2.30. The molecule has 2 N–H and O–H groups in total. The molecule has 8 heteroatoms. The van der Waals surface area contributed by atoms with E-state index in [9.17, 15) is 8.42 Å². The molecule has 0 spiro atoms. The summed E-state index contributed by atoms with van der Waals surface area (Å²) >= 11 is 1.84. The second-order valence-electron chi connectivity index (χ2n) is 5.20. The topological polar surface area (TPSA) is 76.0 Å². The lowest BCUT2D eigenvalue weighted by atomic mass is 10.3. The van der Waals surface area contributed by atoms with Crippen molar-refractivity contribution >= 4 is 21.8 Å². The summed E-state index contributed by atoms with van der Waals surface area (Å²) in [6, 6.07) is 0.0422. The van der Waals surface area contributed by atoms with Crippen molar-refractivity contribution in [2.45, 2.75) is 48.9 Å². The highest BCUT2D eigenvalue weighted by Gasteiger charge is 2.31. The minimum atomic E-state index is -3.47.